The lowest BCUT2D eigenvalue weighted by atomic mass is 10.0. The number of aromatic nitrogens is 4. The Morgan fingerprint density at radius 3 is 2.72 bits per heavy atom. The fourth-order valence-electron chi connectivity index (χ4n) is 3.66. The molecule has 0 saturated carbocycles. The number of aliphatic hydroxyl groups is 1. The lowest BCUT2D eigenvalue weighted by Gasteiger charge is -2.27. The number of hydrogen-bond donors (Lipinski definition) is 2. The maximum absolute atomic E-state index is 14.8. The number of rotatable bonds is 6. The summed E-state index contributed by atoms with van der Waals surface area (Å²) >= 11 is 0. The molecule has 2 N–H and O–H groups in total. The summed E-state index contributed by atoms with van der Waals surface area (Å²) in [5.41, 5.74) is 0.665. The number of aryl methyl sites for hydroxylation is 1. The molecule has 2 aromatic heterocycles. The number of hydrogen-bond acceptors (Lipinski definition) is 7. The minimum Gasteiger partial charge on any atom is -0.351 e. The van der Waals surface area contributed by atoms with Crippen LogP contribution in [0.5, 0.6) is 0 Å². The molecule has 1 fully saturated rings. The third kappa shape index (κ3) is 4.26. The summed E-state index contributed by atoms with van der Waals surface area (Å²) in [5, 5.41) is 17.0. The van der Waals surface area contributed by atoms with E-state index in [0.29, 0.717) is 5.56 Å². The van der Waals surface area contributed by atoms with Crippen LogP contribution in [0.3, 0.4) is 0 Å². The van der Waals surface area contributed by atoms with E-state index < -0.39 is 36.3 Å². The Balaban J connectivity index is 1.56. The molecular formula is C21H23F3N6O2. The molecule has 1 aliphatic heterocycles. The quantitative estimate of drug-likeness (QED) is 0.599. The zero-order chi connectivity index (χ0) is 23.0. The maximum atomic E-state index is 14.8. The van der Waals surface area contributed by atoms with Crippen molar-refractivity contribution in [1.29, 1.82) is 0 Å². The molecule has 11 heteroatoms. The van der Waals surface area contributed by atoms with Crippen molar-refractivity contribution in [2.24, 2.45) is 7.05 Å². The lowest BCUT2D eigenvalue weighted by Crippen LogP contribution is -2.42. The molecule has 0 radical (unpaired) electrons. The van der Waals surface area contributed by atoms with E-state index in [1.54, 1.807) is 20.2 Å². The molecule has 1 aromatic carbocycles. The van der Waals surface area contributed by atoms with Crippen molar-refractivity contribution < 1.29 is 23.0 Å². The second-order valence-electron chi connectivity index (χ2n) is 7.67. The van der Waals surface area contributed by atoms with Crippen LogP contribution in [0.25, 0.3) is 11.1 Å². The molecule has 0 bridgehead atoms. The van der Waals surface area contributed by atoms with Gasteiger partial charge in [-0.05, 0) is 32.0 Å². The average Bonchev–Trinajstić information content (AvgIpc) is 3.35. The Morgan fingerprint density at radius 1 is 1.25 bits per heavy atom. The molecular weight excluding hydrogens is 425 g/mol. The number of halogens is 3. The molecule has 1 aliphatic rings. The Morgan fingerprint density at radius 2 is 2.03 bits per heavy atom. The molecule has 4 rings (SSSR count). The van der Waals surface area contributed by atoms with Crippen LogP contribution in [0.4, 0.5) is 24.9 Å². The van der Waals surface area contributed by atoms with E-state index in [9.17, 15) is 18.3 Å². The van der Waals surface area contributed by atoms with Crippen molar-refractivity contribution in [2.75, 3.05) is 16.8 Å². The fraction of sp³-hybridized carbons (Fsp3) is 0.381. The maximum Gasteiger partial charge on any atom is 0.239 e. The first-order valence-corrected chi connectivity index (χ1v) is 10.0. The minimum atomic E-state index is -1.34. The van der Waals surface area contributed by atoms with E-state index >= 15 is 0 Å². The van der Waals surface area contributed by atoms with E-state index in [-0.39, 0.29) is 29.5 Å². The van der Waals surface area contributed by atoms with Crippen LogP contribution in [-0.4, -0.2) is 50.1 Å². The van der Waals surface area contributed by atoms with Crippen molar-refractivity contribution >= 4 is 11.8 Å². The largest absolute Gasteiger partial charge is 0.351 e. The number of nitrogens with one attached hydrogen (secondary N) is 1. The van der Waals surface area contributed by atoms with Crippen LogP contribution in [0, 0.1) is 11.6 Å². The Labute approximate surface area is 182 Å². The highest BCUT2D eigenvalue weighted by Crippen LogP contribution is 2.30. The van der Waals surface area contributed by atoms with Gasteiger partial charge in [0.1, 0.15) is 23.6 Å². The molecule has 0 spiro atoms. The molecule has 1 saturated heterocycles. The van der Waals surface area contributed by atoms with Gasteiger partial charge in [-0.25, -0.2) is 18.2 Å². The summed E-state index contributed by atoms with van der Waals surface area (Å²) < 4.78 is 50.1. The first-order chi connectivity index (χ1) is 15.2. The Kier molecular flexibility index (Phi) is 6.02. The van der Waals surface area contributed by atoms with E-state index in [1.165, 1.54) is 35.0 Å². The average molecular weight is 448 g/mol. The van der Waals surface area contributed by atoms with E-state index in [2.05, 4.69) is 20.4 Å². The van der Waals surface area contributed by atoms with Crippen molar-refractivity contribution in [3.8, 4) is 11.1 Å². The number of ether oxygens (including phenoxy) is 1. The summed E-state index contributed by atoms with van der Waals surface area (Å²) in [6, 6.07) is 2.36. The van der Waals surface area contributed by atoms with Gasteiger partial charge in [-0.1, -0.05) is 0 Å². The van der Waals surface area contributed by atoms with Crippen molar-refractivity contribution in [3.05, 3.63) is 54.0 Å². The van der Waals surface area contributed by atoms with Gasteiger partial charge < -0.3 is 15.2 Å². The van der Waals surface area contributed by atoms with Crippen molar-refractivity contribution in [3.63, 3.8) is 0 Å². The zero-order valence-electron chi connectivity index (χ0n) is 17.7. The summed E-state index contributed by atoms with van der Waals surface area (Å²) in [5.74, 6) is -0.839. The number of anilines is 2. The normalized spacial score (nSPS) is 20.4. The molecule has 170 valence electrons. The highest BCUT2D eigenvalue weighted by atomic mass is 19.1. The van der Waals surface area contributed by atoms with Crippen LogP contribution >= 0.6 is 0 Å². The molecule has 3 aromatic rings. The van der Waals surface area contributed by atoms with Crippen LogP contribution < -0.4 is 10.2 Å². The molecule has 32 heavy (non-hydrogen) atoms. The van der Waals surface area contributed by atoms with Crippen LogP contribution in [0.2, 0.25) is 0 Å². The lowest BCUT2D eigenvalue weighted by molar-refractivity contribution is -0.0579. The molecule has 0 amide bonds. The van der Waals surface area contributed by atoms with Gasteiger partial charge in [0.15, 0.2) is 0 Å². The van der Waals surface area contributed by atoms with Gasteiger partial charge in [-0.15, -0.1) is 0 Å². The van der Waals surface area contributed by atoms with Gasteiger partial charge in [-0.3, -0.25) is 9.58 Å². The summed E-state index contributed by atoms with van der Waals surface area (Å²) in [6.07, 6.45) is 1.86. The standard InChI is InChI=1S/C21H23F3N6O2/c1-11(22)18-10-32-21(31)30(18)19-4-5-25-20(28-19)27-12(2)14-6-17(24)15(7-16(14)23)13-8-26-29(3)9-13/h4-9,11-12,18,21,31H,10H2,1-3H3,(H,25,27,28)/t11-,12-,18+,21?/m0/s1. The van der Waals surface area contributed by atoms with Crippen LogP contribution in [0.1, 0.15) is 25.5 Å². The Bertz CT molecular complexity index is 1110. The predicted octanol–water partition coefficient (Wildman–Crippen LogP) is 3.17. The van der Waals surface area contributed by atoms with Crippen molar-refractivity contribution in [2.45, 2.75) is 38.5 Å². The van der Waals surface area contributed by atoms with Gasteiger partial charge in [0.2, 0.25) is 12.4 Å². The van der Waals surface area contributed by atoms with Gasteiger partial charge in [-0.2, -0.15) is 10.1 Å². The highest BCUT2D eigenvalue weighted by molar-refractivity contribution is 5.63. The number of benzene rings is 1. The number of aliphatic hydroxyl groups excluding tert-OH is 1. The van der Waals surface area contributed by atoms with Gasteiger partial charge >= 0.3 is 0 Å². The van der Waals surface area contributed by atoms with Crippen molar-refractivity contribution in [1.82, 2.24) is 19.7 Å². The topological polar surface area (TPSA) is 88.3 Å². The minimum absolute atomic E-state index is 0.00969. The Hall–Kier alpha value is -3.18. The van der Waals surface area contributed by atoms with Crippen LogP contribution in [0.15, 0.2) is 36.8 Å². The van der Waals surface area contributed by atoms with Gasteiger partial charge in [0, 0.05) is 36.1 Å². The molecule has 1 unspecified atom stereocenters. The zero-order valence-corrected chi connectivity index (χ0v) is 17.7. The van der Waals surface area contributed by atoms with Gasteiger partial charge in [0.25, 0.3) is 0 Å². The predicted molar refractivity (Wildman–Crippen MR) is 111 cm³/mol. The first-order valence-electron chi connectivity index (χ1n) is 10.0. The van der Waals surface area contributed by atoms with Crippen LogP contribution in [-0.2, 0) is 11.8 Å². The monoisotopic (exact) mass is 448 g/mol. The third-order valence-corrected chi connectivity index (χ3v) is 5.36. The smallest absolute Gasteiger partial charge is 0.239 e. The summed E-state index contributed by atoms with van der Waals surface area (Å²) in [4.78, 5) is 9.70. The number of alkyl halides is 1. The first kappa shape index (κ1) is 22.0. The number of nitrogens with zero attached hydrogens (tertiary/aromatic N) is 5. The fourth-order valence-corrected chi connectivity index (χ4v) is 3.66. The summed E-state index contributed by atoms with van der Waals surface area (Å²) in [7, 11) is 1.69. The molecule has 0 aliphatic carbocycles. The molecule has 4 atom stereocenters. The second kappa shape index (κ2) is 8.75. The second-order valence-corrected chi connectivity index (χ2v) is 7.67. The molecule has 8 nitrogen and oxygen atoms in total. The van der Waals surface area contributed by atoms with E-state index in [4.69, 9.17) is 4.74 Å². The third-order valence-electron chi connectivity index (χ3n) is 5.36. The van der Waals surface area contributed by atoms with Gasteiger partial charge in [0.05, 0.1) is 24.9 Å². The molecule has 3 heterocycles. The van der Waals surface area contributed by atoms with E-state index in [1.807, 2.05) is 0 Å². The van der Waals surface area contributed by atoms with E-state index in [0.717, 1.165) is 12.1 Å². The summed E-state index contributed by atoms with van der Waals surface area (Å²) in [6.45, 7) is 3.02. The SMILES string of the molecule is C[C@H](Nc1nccc(N2C(O)OC[C@@H]2[C@H](C)F)n1)c1cc(F)c(-c2cnn(C)c2)cc1F. The highest BCUT2D eigenvalue weighted by Gasteiger charge is 2.38.